The Morgan fingerprint density at radius 1 is 1.19 bits per heavy atom. The van der Waals surface area contributed by atoms with Crippen molar-refractivity contribution in [2.24, 2.45) is 0 Å². The number of nitrogens with zero attached hydrogens (tertiary/aromatic N) is 2. The number of anilines is 1. The Bertz CT molecular complexity index is 898. The molecule has 2 aromatic heterocycles. The Hall–Kier alpha value is -2.10. The molecule has 0 saturated heterocycles. The van der Waals surface area contributed by atoms with Crippen LogP contribution >= 0.6 is 34.4 Å². The molecule has 3 heterocycles. The summed E-state index contributed by atoms with van der Waals surface area (Å²) in [5.41, 5.74) is 0. The quantitative estimate of drug-likeness (QED) is 0.510. The van der Waals surface area contributed by atoms with Crippen molar-refractivity contribution in [3.05, 3.63) is 46.7 Å². The largest absolute Gasteiger partial charge is 0.482 e. The van der Waals surface area contributed by atoms with Gasteiger partial charge in [-0.25, -0.2) is 0 Å². The van der Waals surface area contributed by atoms with Gasteiger partial charge in [0.2, 0.25) is 11.2 Å². The van der Waals surface area contributed by atoms with E-state index in [4.69, 9.17) is 9.47 Å². The predicted molar refractivity (Wildman–Crippen MR) is 103 cm³/mol. The first-order chi connectivity index (χ1) is 12.7. The Morgan fingerprint density at radius 2 is 2.00 bits per heavy atom. The number of nitrogens with one attached hydrogen (secondary N) is 1. The van der Waals surface area contributed by atoms with E-state index in [1.54, 1.807) is 29.2 Å². The molecule has 1 aromatic carbocycles. The van der Waals surface area contributed by atoms with Crippen LogP contribution in [0.1, 0.15) is 11.8 Å². The van der Waals surface area contributed by atoms with Gasteiger partial charge in [0.25, 0.3) is 5.91 Å². The fourth-order valence-corrected chi connectivity index (χ4v) is 4.96. The van der Waals surface area contributed by atoms with E-state index in [0.717, 1.165) is 10.1 Å². The van der Waals surface area contributed by atoms with Gasteiger partial charge in [-0.05, 0) is 30.5 Å². The van der Waals surface area contributed by atoms with E-state index in [2.05, 4.69) is 21.6 Å². The van der Waals surface area contributed by atoms with Gasteiger partial charge in [-0.1, -0.05) is 41.3 Å². The average Bonchev–Trinajstić information content (AvgIpc) is 3.31. The fourth-order valence-electron chi connectivity index (χ4n) is 2.43. The zero-order valence-corrected chi connectivity index (χ0v) is 16.2. The third-order valence-corrected chi connectivity index (χ3v) is 6.74. The molecule has 4 rings (SSSR count). The van der Waals surface area contributed by atoms with Crippen molar-refractivity contribution < 1.29 is 14.3 Å². The molecule has 0 unspecified atom stereocenters. The predicted octanol–water partition coefficient (Wildman–Crippen LogP) is 4.06. The lowest BCUT2D eigenvalue weighted by molar-refractivity contribution is -0.128. The number of thioether (sulfide) groups is 1. The first-order valence-corrected chi connectivity index (χ1v) is 10.6. The van der Waals surface area contributed by atoms with Crippen molar-refractivity contribution in [1.29, 1.82) is 0 Å². The smallest absolute Gasteiger partial charge is 0.271 e. The van der Waals surface area contributed by atoms with E-state index >= 15 is 0 Å². The topological polar surface area (TPSA) is 73.3 Å². The van der Waals surface area contributed by atoms with Gasteiger partial charge in [0, 0.05) is 10.6 Å². The summed E-state index contributed by atoms with van der Waals surface area (Å²) in [5, 5.41) is 13.4. The van der Waals surface area contributed by atoms with Gasteiger partial charge in [-0.2, -0.15) is 0 Å². The summed E-state index contributed by atoms with van der Waals surface area (Å²) >= 11 is 4.66. The summed E-state index contributed by atoms with van der Waals surface area (Å²) in [6.45, 7) is 1.81. The zero-order valence-electron chi connectivity index (χ0n) is 13.7. The van der Waals surface area contributed by atoms with Crippen LogP contribution in [0.5, 0.6) is 11.5 Å². The van der Waals surface area contributed by atoms with Crippen molar-refractivity contribution in [2.45, 2.75) is 29.2 Å². The number of thiophene rings is 1. The van der Waals surface area contributed by atoms with Gasteiger partial charge in [0.15, 0.2) is 15.8 Å². The summed E-state index contributed by atoms with van der Waals surface area (Å²) < 4.78 is 12.4. The molecular weight excluding hydrogens is 390 g/mol. The zero-order chi connectivity index (χ0) is 17.9. The minimum Gasteiger partial charge on any atom is -0.482 e. The van der Waals surface area contributed by atoms with Crippen molar-refractivity contribution >= 4 is 45.5 Å². The Kier molecular flexibility index (Phi) is 5.09. The lowest BCUT2D eigenvalue weighted by atomic mass is 10.1. The lowest BCUT2D eigenvalue weighted by Gasteiger charge is -2.30. The number of fused-ring (bicyclic) bond motifs is 1. The molecule has 1 amide bonds. The molecule has 6 nitrogen and oxygen atoms in total. The summed E-state index contributed by atoms with van der Waals surface area (Å²) in [6.07, 6.45) is -1.14. The molecule has 0 saturated carbocycles. The number of hydrogen-bond donors (Lipinski definition) is 1. The number of amides is 1. The number of benzene rings is 1. The van der Waals surface area contributed by atoms with E-state index < -0.39 is 12.2 Å². The second-order valence-corrected chi connectivity index (χ2v) is 8.77. The number of aromatic nitrogens is 2. The Morgan fingerprint density at radius 3 is 2.77 bits per heavy atom. The van der Waals surface area contributed by atoms with Gasteiger partial charge in [0.1, 0.15) is 6.10 Å². The first-order valence-electron chi connectivity index (χ1n) is 7.91. The number of hydrogen-bond acceptors (Lipinski definition) is 8. The van der Waals surface area contributed by atoms with Crippen LogP contribution in [-0.4, -0.2) is 28.3 Å². The summed E-state index contributed by atoms with van der Waals surface area (Å²) in [6, 6.07) is 11.4. The monoisotopic (exact) mass is 405 g/mol. The highest BCUT2D eigenvalue weighted by molar-refractivity contribution is 8.00. The second-order valence-electron chi connectivity index (χ2n) is 5.54. The van der Waals surface area contributed by atoms with Gasteiger partial charge >= 0.3 is 0 Å². The maximum atomic E-state index is 12.6. The van der Waals surface area contributed by atoms with Crippen molar-refractivity contribution in [1.82, 2.24) is 10.2 Å². The Balaban J connectivity index is 1.37. The van der Waals surface area contributed by atoms with E-state index in [9.17, 15) is 4.79 Å². The molecule has 134 valence electrons. The minimum atomic E-state index is -0.740. The third kappa shape index (κ3) is 3.84. The highest BCUT2D eigenvalue weighted by Crippen LogP contribution is 2.34. The molecule has 0 aliphatic carbocycles. The standard InChI is InChI=1S/C17H15N3O3S3/c1-10-14(23-13-7-3-2-6-12(13)22-10)15(21)18-16-19-20-17(26-16)25-9-11-5-4-8-24-11/h2-8,10,14H,9H2,1H3,(H,18,19,21)/t10-,14+/m1/s1. The van der Waals surface area contributed by atoms with Crippen molar-refractivity contribution in [3.63, 3.8) is 0 Å². The van der Waals surface area contributed by atoms with E-state index in [0.29, 0.717) is 16.6 Å². The molecule has 1 N–H and O–H groups in total. The van der Waals surface area contributed by atoms with Gasteiger partial charge in [-0.3, -0.25) is 10.1 Å². The molecule has 0 fully saturated rings. The molecule has 0 bridgehead atoms. The van der Waals surface area contributed by atoms with Crippen LogP contribution in [0.25, 0.3) is 0 Å². The lowest BCUT2D eigenvalue weighted by Crippen LogP contribution is -2.46. The van der Waals surface area contributed by atoms with E-state index in [1.165, 1.54) is 16.2 Å². The highest BCUT2D eigenvalue weighted by Gasteiger charge is 2.34. The first kappa shape index (κ1) is 17.3. The van der Waals surface area contributed by atoms with Crippen LogP contribution in [-0.2, 0) is 10.5 Å². The molecule has 1 aliphatic heterocycles. The number of carbonyl (C=O) groups is 1. The number of carbonyl (C=O) groups excluding carboxylic acids is 1. The minimum absolute atomic E-state index is 0.294. The Labute approximate surface area is 162 Å². The number of rotatable bonds is 5. The number of para-hydroxylation sites is 2. The average molecular weight is 406 g/mol. The van der Waals surface area contributed by atoms with Crippen LogP contribution in [0.2, 0.25) is 0 Å². The molecule has 26 heavy (non-hydrogen) atoms. The highest BCUT2D eigenvalue weighted by atomic mass is 32.2. The maximum absolute atomic E-state index is 12.6. The van der Waals surface area contributed by atoms with E-state index in [1.807, 2.05) is 36.6 Å². The molecule has 2 atom stereocenters. The van der Waals surface area contributed by atoms with Crippen LogP contribution in [0.15, 0.2) is 46.1 Å². The fraction of sp³-hybridized carbons (Fsp3) is 0.235. The summed E-state index contributed by atoms with van der Waals surface area (Å²) in [7, 11) is 0. The van der Waals surface area contributed by atoms with Crippen LogP contribution in [0.4, 0.5) is 5.13 Å². The van der Waals surface area contributed by atoms with Crippen LogP contribution < -0.4 is 14.8 Å². The van der Waals surface area contributed by atoms with Crippen LogP contribution in [0.3, 0.4) is 0 Å². The molecule has 0 spiro atoms. The van der Waals surface area contributed by atoms with Crippen LogP contribution in [0, 0.1) is 0 Å². The maximum Gasteiger partial charge on any atom is 0.271 e. The third-order valence-electron chi connectivity index (χ3n) is 3.66. The molecule has 1 aliphatic rings. The van der Waals surface area contributed by atoms with Gasteiger partial charge in [-0.15, -0.1) is 21.5 Å². The van der Waals surface area contributed by atoms with Crippen molar-refractivity contribution in [2.75, 3.05) is 5.32 Å². The summed E-state index contributed by atoms with van der Waals surface area (Å²) in [4.78, 5) is 13.8. The SMILES string of the molecule is C[C@H]1Oc2ccccc2O[C@@H]1C(=O)Nc1nnc(SCc2cccs2)s1. The molecule has 3 aromatic rings. The number of ether oxygens (including phenoxy) is 2. The van der Waals surface area contributed by atoms with Crippen molar-refractivity contribution in [3.8, 4) is 11.5 Å². The molecule has 0 radical (unpaired) electrons. The summed E-state index contributed by atoms with van der Waals surface area (Å²) in [5.74, 6) is 1.76. The normalized spacial score (nSPS) is 18.5. The van der Waals surface area contributed by atoms with E-state index in [-0.39, 0.29) is 5.91 Å². The van der Waals surface area contributed by atoms with Gasteiger partial charge < -0.3 is 9.47 Å². The molecule has 9 heteroatoms. The molecular formula is C17H15N3O3S3. The second kappa shape index (κ2) is 7.65. The van der Waals surface area contributed by atoms with Gasteiger partial charge in [0.05, 0.1) is 0 Å².